The zero-order valence-corrected chi connectivity index (χ0v) is 10.2. The molecule has 1 aromatic heterocycles. The van der Waals surface area contributed by atoms with Crippen molar-refractivity contribution < 1.29 is 13.2 Å². The fourth-order valence-corrected chi connectivity index (χ4v) is 1.82. The summed E-state index contributed by atoms with van der Waals surface area (Å²) in [5, 5.41) is 3.96. The van der Waals surface area contributed by atoms with Crippen molar-refractivity contribution in [3.8, 4) is 5.69 Å². The van der Waals surface area contributed by atoms with Crippen LogP contribution in [0.25, 0.3) is 5.69 Å². The number of aromatic nitrogens is 3. The summed E-state index contributed by atoms with van der Waals surface area (Å²) in [6, 6.07) is 3.59. The van der Waals surface area contributed by atoms with Crippen molar-refractivity contribution >= 4 is 15.9 Å². The van der Waals surface area contributed by atoms with Gasteiger partial charge in [-0.15, -0.1) is 0 Å². The molecule has 2 rings (SSSR count). The monoisotopic (exact) mass is 305 g/mol. The topological polar surface area (TPSA) is 30.7 Å². The minimum absolute atomic E-state index is 0.312. The summed E-state index contributed by atoms with van der Waals surface area (Å²) >= 11 is 3.05. The highest BCUT2D eigenvalue weighted by Crippen LogP contribution is 2.32. The van der Waals surface area contributed by atoms with Gasteiger partial charge in [0.25, 0.3) is 0 Å². The molecule has 0 aliphatic heterocycles. The van der Waals surface area contributed by atoms with Crippen LogP contribution in [0.3, 0.4) is 0 Å². The minimum atomic E-state index is -4.38. The molecule has 90 valence electrons. The molecule has 0 unspecified atom stereocenters. The van der Waals surface area contributed by atoms with Gasteiger partial charge in [-0.2, -0.15) is 18.3 Å². The van der Waals surface area contributed by atoms with E-state index in [1.165, 1.54) is 11.0 Å². The zero-order valence-electron chi connectivity index (χ0n) is 8.66. The molecule has 2 aromatic rings. The molecule has 1 heterocycles. The molecule has 3 nitrogen and oxygen atoms in total. The average molecular weight is 306 g/mol. The Morgan fingerprint density at radius 3 is 2.47 bits per heavy atom. The van der Waals surface area contributed by atoms with E-state index in [9.17, 15) is 13.2 Å². The zero-order chi connectivity index (χ0) is 12.6. The van der Waals surface area contributed by atoms with Crippen molar-refractivity contribution in [1.29, 1.82) is 0 Å². The van der Waals surface area contributed by atoms with Crippen molar-refractivity contribution in [2.75, 3.05) is 0 Å². The highest BCUT2D eigenvalue weighted by atomic mass is 79.9. The number of hydrogen-bond donors (Lipinski definition) is 0. The second-order valence-electron chi connectivity index (χ2n) is 3.43. The normalized spacial score (nSPS) is 11.8. The van der Waals surface area contributed by atoms with E-state index in [-0.39, 0.29) is 0 Å². The van der Waals surface area contributed by atoms with Gasteiger partial charge in [0.2, 0.25) is 0 Å². The molecule has 0 saturated heterocycles. The van der Waals surface area contributed by atoms with Gasteiger partial charge in [0.05, 0.1) is 11.3 Å². The van der Waals surface area contributed by atoms with Crippen molar-refractivity contribution in [3.63, 3.8) is 0 Å². The number of hydrogen-bond acceptors (Lipinski definition) is 2. The lowest BCUT2D eigenvalue weighted by Gasteiger charge is -2.09. The van der Waals surface area contributed by atoms with Crippen LogP contribution < -0.4 is 0 Å². The smallest absolute Gasteiger partial charge is 0.221 e. The van der Waals surface area contributed by atoms with Crippen molar-refractivity contribution in [2.24, 2.45) is 0 Å². The molecule has 0 radical (unpaired) electrons. The standard InChI is InChI=1S/C10H7BrF3N3/c1-6-15-5-17(16-6)9-3-7(10(12,13)14)2-8(11)4-9/h2-5H,1H3. The van der Waals surface area contributed by atoms with Gasteiger partial charge in [0.15, 0.2) is 0 Å². The predicted molar refractivity (Wildman–Crippen MR) is 58.8 cm³/mol. The summed E-state index contributed by atoms with van der Waals surface area (Å²) in [5.41, 5.74) is -0.415. The van der Waals surface area contributed by atoms with Crippen LogP contribution in [0, 0.1) is 6.92 Å². The fourth-order valence-electron chi connectivity index (χ4n) is 1.34. The van der Waals surface area contributed by atoms with Gasteiger partial charge >= 0.3 is 6.18 Å². The van der Waals surface area contributed by atoms with E-state index in [2.05, 4.69) is 26.0 Å². The van der Waals surface area contributed by atoms with E-state index in [1.54, 1.807) is 13.0 Å². The van der Waals surface area contributed by atoms with E-state index in [0.29, 0.717) is 16.0 Å². The predicted octanol–water partition coefficient (Wildman–Crippen LogP) is 3.36. The van der Waals surface area contributed by atoms with Crippen LogP contribution in [0.1, 0.15) is 11.4 Å². The third-order valence-electron chi connectivity index (χ3n) is 2.08. The highest BCUT2D eigenvalue weighted by molar-refractivity contribution is 9.10. The molecule has 0 saturated carbocycles. The first-order valence-corrected chi connectivity index (χ1v) is 5.42. The van der Waals surface area contributed by atoms with E-state index >= 15 is 0 Å². The number of benzene rings is 1. The highest BCUT2D eigenvalue weighted by Gasteiger charge is 2.31. The van der Waals surface area contributed by atoms with E-state index in [1.807, 2.05) is 0 Å². The summed E-state index contributed by atoms with van der Waals surface area (Å²) in [6.45, 7) is 1.67. The molecular weight excluding hydrogens is 299 g/mol. The van der Waals surface area contributed by atoms with Crippen LogP contribution in [0.5, 0.6) is 0 Å². The molecule has 0 amide bonds. The van der Waals surface area contributed by atoms with Gasteiger partial charge in [-0.3, -0.25) is 0 Å². The Bertz CT molecular complexity index is 548. The third-order valence-corrected chi connectivity index (χ3v) is 2.54. The van der Waals surface area contributed by atoms with Crippen LogP contribution in [0.15, 0.2) is 29.0 Å². The second-order valence-corrected chi connectivity index (χ2v) is 4.35. The van der Waals surface area contributed by atoms with Crippen molar-refractivity contribution in [2.45, 2.75) is 13.1 Å². The molecule has 0 aliphatic rings. The van der Waals surface area contributed by atoms with Crippen LogP contribution in [0.4, 0.5) is 13.2 Å². The Labute approximate surface area is 103 Å². The van der Waals surface area contributed by atoms with Gasteiger partial charge in [-0.1, -0.05) is 15.9 Å². The molecule has 0 bridgehead atoms. The summed E-state index contributed by atoms with van der Waals surface area (Å²) in [4.78, 5) is 3.87. The molecule has 0 fully saturated rings. The lowest BCUT2D eigenvalue weighted by atomic mass is 10.2. The van der Waals surface area contributed by atoms with Gasteiger partial charge < -0.3 is 0 Å². The Balaban J connectivity index is 2.52. The van der Waals surface area contributed by atoms with Crippen LogP contribution >= 0.6 is 15.9 Å². The summed E-state index contributed by atoms with van der Waals surface area (Å²) in [5.74, 6) is 0.499. The first-order valence-electron chi connectivity index (χ1n) is 4.63. The largest absolute Gasteiger partial charge is 0.416 e. The Morgan fingerprint density at radius 2 is 1.94 bits per heavy atom. The second kappa shape index (κ2) is 4.14. The average Bonchev–Trinajstić information content (AvgIpc) is 2.62. The molecule has 7 heteroatoms. The van der Waals surface area contributed by atoms with Gasteiger partial charge in [0.1, 0.15) is 12.2 Å². The summed E-state index contributed by atoms with van der Waals surface area (Å²) in [7, 11) is 0. The number of alkyl halides is 3. The molecular formula is C10H7BrF3N3. The lowest BCUT2D eigenvalue weighted by Crippen LogP contribution is -2.06. The Kier molecular flexibility index (Phi) is 2.94. The maximum Gasteiger partial charge on any atom is 0.416 e. The van der Waals surface area contributed by atoms with E-state index in [4.69, 9.17) is 0 Å². The number of rotatable bonds is 1. The lowest BCUT2D eigenvalue weighted by molar-refractivity contribution is -0.137. The molecule has 0 N–H and O–H groups in total. The van der Waals surface area contributed by atoms with E-state index < -0.39 is 11.7 Å². The maximum atomic E-state index is 12.6. The van der Waals surface area contributed by atoms with Crippen LogP contribution in [-0.4, -0.2) is 14.8 Å². The van der Waals surface area contributed by atoms with Gasteiger partial charge in [-0.25, -0.2) is 9.67 Å². The van der Waals surface area contributed by atoms with Gasteiger partial charge in [-0.05, 0) is 25.1 Å². The molecule has 0 atom stereocenters. The molecule has 0 aliphatic carbocycles. The summed E-state index contributed by atoms with van der Waals surface area (Å²) in [6.07, 6.45) is -3.01. The van der Waals surface area contributed by atoms with Crippen LogP contribution in [0.2, 0.25) is 0 Å². The Morgan fingerprint density at radius 1 is 1.24 bits per heavy atom. The summed E-state index contributed by atoms with van der Waals surface area (Å²) < 4.78 is 39.5. The van der Waals surface area contributed by atoms with Crippen molar-refractivity contribution in [3.05, 3.63) is 40.4 Å². The number of aryl methyl sites for hydroxylation is 1. The maximum absolute atomic E-state index is 12.6. The first kappa shape index (κ1) is 12.1. The fraction of sp³-hybridized carbons (Fsp3) is 0.200. The van der Waals surface area contributed by atoms with E-state index in [0.717, 1.165) is 12.1 Å². The Hall–Kier alpha value is -1.37. The van der Waals surface area contributed by atoms with Gasteiger partial charge in [0, 0.05) is 4.47 Å². The molecule has 17 heavy (non-hydrogen) atoms. The SMILES string of the molecule is Cc1ncn(-c2cc(Br)cc(C(F)(F)F)c2)n1. The molecule has 1 aromatic carbocycles. The third kappa shape index (κ3) is 2.66. The van der Waals surface area contributed by atoms with Crippen molar-refractivity contribution in [1.82, 2.24) is 14.8 Å². The molecule has 0 spiro atoms. The quantitative estimate of drug-likeness (QED) is 0.809. The number of nitrogens with zero attached hydrogens (tertiary/aromatic N) is 3. The minimum Gasteiger partial charge on any atom is -0.221 e. The number of halogens is 4. The van der Waals surface area contributed by atoms with Crippen LogP contribution in [-0.2, 0) is 6.18 Å². The first-order chi connectivity index (χ1) is 7.86.